The third kappa shape index (κ3) is 3.90. The second-order valence-corrected chi connectivity index (χ2v) is 2.90. The van der Waals surface area contributed by atoms with Crippen molar-refractivity contribution < 1.29 is 18.3 Å². The van der Waals surface area contributed by atoms with Crippen LogP contribution < -0.4 is 0 Å². The van der Waals surface area contributed by atoms with E-state index in [-0.39, 0.29) is 4.48 Å². The topological polar surface area (TPSA) is 20.2 Å². The Morgan fingerprint density at radius 1 is 1.60 bits per heavy atom. The molecule has 0 saturated heterocycles. The molecule has 0 aliphatic carbocycles. The average Bonchev–Trinajstić information content (AvgIpc) is 1.60. The molecule has 10 heavy (non-hydrogen) atoms. The summed E-state index contributed by atoms with van der Waals surface area (Å²) in [6.45, 7) is 3.17. The molecule has 0 bridgehead atoms. The van der Waals surface area contributed by atoms with Gasteiger partial charge in [-0.05, 0) is 4.48 Å². The third-order valence-corrected chi connectivity index (χ3v) is 1.12. The van der Waals surface area contributed by atoms with Crippen molar-refractivity contribution in [3.8, 4) is 0 Å². The van der Waals surface area contributed by atoms with Gasteiger partial charge < -0.3 is 5.11 Å². The summed E-state index contributed by atoms with van der Waals surface area (Å²) in [5, 5.41) is 8.34. The van der Waals surface area contributed by atoms with E-state index in [9.17, 15) is 13.2 Å². The van der Waals surface area contributed by atoms with Gasteiger partial charge >= 0.3 is 6.18 Å². The lowest BCUT2D eigenvalue weighted by molar-refractivity contribution is -0.202. The molecular weight excluding hydrogens is 213 g/mol. The van der Waals surface area contributed by atoms with Crippen LogP contribution in [0, 0.1) is 0 Å². The highest BCUT2D eigenvalue weighted by Crippen LogP contribution is 2.25. The first-order chi connectivity index (χ1) is 4.34. The molecule has 1 nitrogen and oxygen atoms in total. The zero-order valence-corrected chi connectivity index (χ0v) is 6.54. The van der Waals surface area contributed by atoms with Crippen LogP contribution in [-0.4, -0.2) is 17.4 Å². The van der Waals surface area contributed by atoms with Crippen molar-refractivity contribution in [2.75, 3.05) is 0 Å². The quantitative estimate of drug-likeness (QED) is 0.754. The van der Waals surface area contributed by atoms with E-state index in [1.165, 1.54) is 0 Å². The summed E-state index contributed by atoms with van der Waals surface area (Å²) in [7, 11) is 0. The summed E-state index contributed by atoms with van der Waals surface area (Å²) in [6, 6.07) is 0. The molecule has 0 aromatic carbocycles. The van der Waals surface area contributed by atoms with Crippen molar-refractivity contribution >= 4 is 15.9 Å². The van der Waals surface area contributed by atoms with Gasteiger partial charge in [0.15, 0.2) is 6.10 Å². The Balaban J connectivity index is 3.85. The molecule has 0 radical (unpaired) electrons. The number of aliphatic hydroxyl groups excluding tert-OH is 1. The van der Waals surface area contributed by atoms with Crippen LogP contribution in [0.2, 0.25) is 0 Å². The minimum absolute atomic E-state index is 0.136. The zero-order valence-electron chi connectivity index (χ0n) is 4.95. The van der Waals surface area contributed by atoms with Gasteiger partial charge in [-0.3, -0.25) is 0 Å². The summed E-state index contributed by atoms with van der Waals surface area (Å²) in [5.41, 5.74) is 0. The van der Waals surface area contributed by atoms with Gasteiger partial charge in [0.05, 0.1) is 0 Å². The largest absolute Gasteiger partial charge is 0.414 e. The van der Waals surface area contributed by atoms with Crippen molar-refractivity contribution in [1.82, 2.24) is 0 Å². The van der Waals surface area contributed by atoms with Crippen LogP contribution in [-0.2, 0) is 0 Å². The first kappa shape index (κ1) is 9.97. The molecule has 1 unspecified atom stereocenters. The summed E-state index contributed by atoms with van der Waals surface area (Å²) in [4.78, 5) is 0. The molecule has 1 N–H and O–H groups in total. The molecule has 5 heteroatoms. The van der Waals surface area contributed by atoms with Crippen LogP contribution in [0.15, 0.2) is 11.1 Å². The minimum Gasteiger partial charge on any atom is -0.383 e. The molecule has 0 aromatic rings. The number of halogens is 4. The van der Waals surface area contributed by atoms with Gasteiger partial charge in [0, 0.05) is 6.42 Å². The Bertz CT molecular complexity index is 131. The molecule has 0 heterocycles. The summed E-state index contributed by atoms with van der Waals surface area (Å²) >= 11 is 2.71. The van der Waals surface area contributed by atoms with E-state index in [0.29, 0.717) is 0 Å². The van der Waals surface area contributed by atoms with Crippen LogP contribution in [0.4, 0.5) is 13.2 Å². The number of aliphatic hydroxyl groups is 1. The number of hydrogen-bond acceptors (Lipinski definition) is 1. The fourth-order valence-electron chi connectivity index (χ4n) is 0.326. The molecule has 0 amide bonds. The predicted molar refractivity (Wildman–Crippen MR) is 34.7 cm³/mol. The highest BCUT2D eigenvalue weighted by molar-refractivity contribution is 9.11. The molecule has 1 atom stereocenters. The van der Waals surface area contributed by atoms with Gasteiger partial charge in [-0.2, -0.15) is 13.2 Å². The van der Waals surface area contributed by atoms with E-state index in [1.807, 2.05) is 0 Å². The van der Waals surface area contributed by atoms with Crippen LogP contribution in [0.25, 0.3) is 0 Å². The summed E-state index contributed by atoms with van der Waals surface area (Å²) in [5.74, 6) is 0. The monoisotopic (exact) mass is 218 g/mol. The SMILES string of the molecule is C=C(Br)CC(O)C(F)(F)F. The molecular formula is C5H6BrF3O. The first-order valence-electron chi connectivity index (χ1n) is 2.42. The molecule has 0 rings (SSSR count). The van der Waals surface area contributed by atoms with Crippen molar-refractivity contribution in [3.05, 3.63) is 11.1 Å². The molecule has 0 spiro atoms. The van der Waals surface area contributed by atoms with Gasteiger partial charge in [-0.25, -0.2) is 0 Å². The second-order valence-electron chi connectivity index (χ2n) is 1.78. The lowest BCUT2D eigenvalue weighted by Crippen LogP contribution is -2.28. The maximum Gasteiger partial charge on any atom is 0.414 e. The molecule has 0 fully saturated rings. The smallest absolute Gasteiger partial charge is 0.383 e. The molecule has 0 aliphatic rings. The second kappa shape index (κ2) is 3.39. The van der Waals surface area contributed by atoms with Crippen molar-refractivity contribution in [2.24, 2.45) is 0 Å². The van der Waals surface area contributed by atoms with Crippen molar-refractivity contribution in [3.63, 3.8) is 0 Å². The Morgan fingerprint density at radius 2 is 2.00 bits per heavy atom. The predicted octanol–water partition coefficient (Wildman–Crippen LogP) is 2.21. The van der Waals surface area contributed by atoms with Gasteiger partial charge in [0.1, 0.15) is 0 Å². The van der Waals surface area contributed by atoms with Gasteiger partial charge in [0.25, 0.3) is 0 Å². The molecule has 0 saturated carbocycles. The lowest BCUT2D eigenvalue weighted by atomic mass is 10.2. The standard InChI is InChI=1S/C5H6BrF3O/c1-3(6)2-4(10)5(7,8)9/h4,10H,1-2H2. The maximum absolute atomic E-state index is 11.5. The summed E-state index contributed by atoms with van der Waals surface area (Å²) in [6.07, 6.45) is -7.35. The van der Waals surface area contributed by atoms with Crippen molar-refractivity contribution in [2.45, 2.75) is 18.7 Å². The number of rotatable bonds is 2. The van der Waals surface area contributed by atoms with Gasteiger partial charge in [-0.1, -0.05) is 22.5 Å². The number of alkyl halides is 3. The fraction of sp³-hybridized carbons (Fsp3) is 0.600. The third-order valence-electron chi connectivity index (χ3n) is 0.793. The Morgan fingerprint density at radius 3 is 2.10 bits per heavy atom. The normalized spacial score (nSPS) is 14.9. The van der Waals surface area contributed by atoms with E-state index < -0.39 is 18.7 Å². The summed E-state index contributed by atoms with van der Waals surface area (Å²) < 4.78 is 34.6. The Labute approximate surface area is 64.7 Å². The zero-order chi connectivity index (χ0) is 8.36. The van der Waals surface area contributed by atoms with E-state index in [2.05, 4.69) is 22.5 Å². The molecule has 60 valence electrons. The van der Waals surface area contributed by atoms with E-state index in [0.717, 1.165) is 0 Å². The van der Waals surface area contributed by atoms with E-state index in [1.54, 1.807) is 0 Å². The van der Waals surface area contributed by atoms with Crippen LogP contribution in [0.5, 0.6) is 0 Å². The minimum atomic E-state index is -4.54. The average molecular weight is 219 g/mol. The maximum atomic E-state index is 11.5. The van der Waals surface area contributed by atoms with Crippen LogP contribution >= 0.6 is 15.9 Å². The molecule has 0 aliphatic heterocycles. The van der Waals surface area contributed by atoms with Gasteiger partial charge in [-0.15, -0.1) is 0 Å². The highest BCUT2D eigenvalue weighted by atomic mass is 79.9. The van der Waals surface area contributed by atoms with E-state index >= 15 is 0 Å². The Kier molecular flexibility index (Phi) is 3.38. The Hall–Kier alpha value is -0.0300. The lowest BCUT2D eigenvalue weighted by Gasteiger charge is -2.12. The van der Waals surface area contributed by atoms with Gasteiger partial charge in [0.2, 0.25) is 0 Å². The molecule has 0 aromatic heterocycles. The first-order valence-corrected chi connectivity index (χ1v) is 3.21. The fourth-order valence-corrected chi connectivity index (χ4v) is 0.632. The van der Waals surface area contributed by atoms with E-state index in [4.69, 9.17) is 5.11 Å². The number of hydrogen-bond donors (Lipinski definition) is 1. The highest BCUT2D eigenvalue weighted by Gasteiger charge is 2.37. The van der Waals surface area contributed by atoms with Crippen LogP contribution in [0.3, 0.4) is 0 Å². The van der Waals surface area contributed by atoms with Crippen molar-refractivity contribution in [1.29, 1.82) is 0 Å². The van der Waals surface area contributed by atoms with Crippen LogP contribution in [0.1, 0.15) is 6.42 Å².